The van der Waals surface area contributed by atoms with Crippen LogP contribution in [0, 0.1) is 0 Å². The van der Waals surface area contributed by atoms with Crippen molar-refractivity contribution in [2.75, 3.05) is 27.2 Å². The Balaban J connectivity index is 1.37. The fraction of sp³-hybridized carbons (Fsp3) is 0.222. The number of benzene rings is 3. The van der Waals surface area contributed by atoms with Crippen LogP contribution in [0.5, 0.6) is 5.75 Å². The molecule has 0 saturated heterocycles. The second-order valence-corrected chi connectivity index (χ2v) is 8.42. The van der Waals surface area contributed by atoms with Gasteiger partial charge in [0.1, 0.15) is 12.4 Å². The number of hydrogen-bond acceptors (Lipinski definition) is 5. The van der Waals surface area contributed by atoms with Crippen molar-refractivity contribution in [2.45, 2.75) is 13.1 Å². The number of nitrogens with one attached hydrogen (secondary N) is 1. The summed E-state index contributed by atoms with van der Waals surface area (Å²) in [6.07, 6.45) is 0. The Hall–Kier alpha value is -3.97. The molecular formula is C27H27N3O4. The number of hydrogen-bond donors (Lipinski definition) is 1. The highest BCUT2D eigenvalue weighted by atomic mass is 16.5. The first-order valence-corrected chi connectivity index (χ1v) is 11.1. The van der Waals surface area contributed by atoms with Crippen molar-refractivity contribution >= 4 is 17.7 Å². The standard InChI is InChI=1S/C27H27N3O4/c1-29(2)14-15-34-22-11-8-19(9-12-22)17-28-25(31)21-10-13-23-24(16-21)27(33)30(26(23)32)18-20-6-4-3-5-7-20/h3-13,16H,14-15,17-18H2,1-2H3,(H,28,31). The average Bonchev–Trinajstić information content (AvgIpc) is 3.08. The summed E-state index contributed by atoms with van der Waals surface area (Å²) in [5.74, 6) is -0.262. The number of rotatable bonds is 9. The maximum Gasteiger partial charge on any atom is 0.261 e. The van der Waals surface area contributed by atoms with Crippen LogP contribution in [0.1, 0.15) is 42.2 Å². The summed E-state index contributed by atoms with van der Waals surface area (Å²) in [6, 6.07) is 21.5. The van der Waals surface area contributed by atoms with Gasteiger partial charge in [0.25, 0.3) is 17.7 Å². The van der Waals surface area contributed by atoms with Crippen LogP contribution in [0.15, 0.2) is 72.8 Å². The number of fused-ring (bicyclic) bond motifs is 1. The summed E-state index contributed by atoms with van der Waals surface area (Å²) >= 11 is 0. The molecule has 0 bridgehead atoms. The minimum absolute atomic E-state index is 0.198. The molecule has 7 nitrogen and oxygen atoms in total. The van der Waals surface area contributed by atoms with Gasteiger partial charge in [0.05, 0.1) is 17.7 Å². The minimum Gasteiger partial charge on any atom is -0.492 e. The molecule has 3 amide bonds. The third-order valence-corrected chi connectivity index (χ3v) is 5.60. The first-order chi connectivity index (χ1) is 16.4. The van der Waals surface area contributed by atoms with Gasteiger partial charge in [-0.2, -0.15) is 0 Å². The van der Waals surface area contributed by atoms with Crippen molar-refractivity contribution in [3.63, 3.8) is 0 Å². The van der Waals surface area contributed by atoms with Gasteiger partial charge in [0.2, 0.25) is 0 Å². The third kappa shape index (κ3) is 5.32. The second-order valence-electron chi connectivity index (χ2n) is 8.42. The van der Waals surface area contributed by atoms with Crippen molar-refractivity contribution in [1.29, 1.82) is 0 Å². The van der Waals surface area contributed by atoms with Gasteiger partial charge in [-0.1, -0.05) is 42.5 Å². The van der Waals surface area contributed by atoms with Crippen molar-refractivity contribution in [3.05, 3.63) is 101 Å². The Morgan fingerprint density at radius 2 is 1.59 bits per heavy atom. The van der Waals surface area contributed by atoms with Gasteiger partial charge in [-0.25, -0.2) is 0 Å². The van der Waals surface area contributed by atoms with E-state index in [1.165, 1.54) is 11.0 Å². The minimum atomic E-state index is -0.386. The first-order valence-electron chi connectivity index (χ1n) is 11.1. The topological polar surface area (TPSA) is 79.0 Å². The van der Waals surface area contributed by atoms with Crippen molar-refractivity contribution in [3.8, 4) is 5.75 Å². The van der Waals surface area contributed by atoms with Crippen LogP contribution in [0.25, 0.3) is 0 Å². The predicted molar refractivity (Wildman–Crippen MR) is 129 cm³/mol. The zero-order valence-electron chi connectivity index (χ0n) is 19.3. The Morgan fingerprint density at radius 1 is 0.882 bits per heavy atom. The van der Waals surface area contributed by atoms with E-state index >= 15 is 0 Å². The molecule has 0 saturated carbocycles. The van der Waals surface area contributed by atoms with Crippen LogP contribution in [-0.2, 0) is 13.1 Å². The highest BCUT2D eigenvalue weighted by Gasteiger charge is 2.35. The monoisotopic (exact) mass is 457 g/mol. The molecule has 1 N–H and O–H groups in total. The van der Waals surface area contributed by atoms with Gasteiger partial charge >= 0.3 is 0 Å². The van der Waals surface area contributed by atoms with Gasteiger partial charge in [-0.3, -0.25) is 19.3 Å². The quantitative estimate of drug-likeness (QED) is 0.499. The number of amides is 3. The Kier molecular flexibility index (Phi) is 7.04. The lowest BCUT2D eigenvalue weighted by molar-refractivity contribution is 0.0642. The maximum absolute atomic E-state index is 12.9. The summed E-state index contributed by atoms with van der Waals surface area (Å²) in [6.45, 7) is 1.96. The molecule has 4 rings (SSSR count). The number of carbonyl (C=O) groups is 3. The summed E-state index contributed by atoms with van der Waals surface area (Å²) in [5.41, 5.74) is 2.71. The molecule has 0 spiro atoms. The highest BCUT2D eigenvalue weighted by Crippen LogP contribution is 2.25. The van der Waals surface area contributed by atoms with Crippen LogP contribution < -0.4 is 10.1 Å². The van der Waals surface area contributed by atoms with Crippen LogP contribution >= 0.6 is 0 Å². The fourth-order valence-electron chi connectivity index (χ4n) is 3.68. The zero-order chi connectivity index (χ0) is 24.1. The van der Waals surface area contributed by atoms with E-state index in [0.29, 0.717) is 24.3 Å². The van der Waals surface area contributed by atoms with Crippen molar-refractivity contribution < 1.29 is 19.1 Å². The maximum atomic E-state index is 12.9. The normalized spacial score (nSPS) is 12.7. The molecule has 7 heteroatoms. The van der Waals surface area contributed by atoms with Gasteiger partial charge < -0.3 is 15.0 Å². The molecule has 1 aliphatic rings. The molecule has 3 aromatic rings. The van der Waals surface area contributed by atoms with Crippen LogP contribution in [-0.4, -0.2) is 54.8 Å². The van der Waals surface area contributed by atoms with Gasteiger partial charge in [-0.05, 0) is 55.6 Å². The zero-order valence-corrected chi connectivity index (χ0v) is 19.3. The smallest absolute Gasteiger partial charge is 0.261 e. The van der Waals surface area contributed by atoms with Gasteiger partial charge in [0, 0.05) is 18.7 Å². The third-order valence-electron chi connectivity index (χ3n) is 5.60. The van der Waals surface area contributed by atoms with E-state index in [4.69, 9.17) is 4.74 Å². The second kappa shape index (κ2) is 10.3. The molecule has 1 heterocycles. The summed E-state index contributed by atoms with van der Waals surface area (Å²) < 4.78 is 5.68. The van der Waals surface area contributed by atoms with Crippen LogP contribution in [0.2, 0.25) is 0 Å². The largest absolute Gasteiger partial charge is 0.492 e. The van der Waals surface area contributed by atoms with E-state index in [1.807, 2.05) is 73.6 Å². The Labute approximate surface area is 198 Å². The number of imide groups is 1. The van der Waals surface area contributed by atoms with Crippen molar-refractivity contribution in [2.24, 2.45) is 0 Å². The molecule has 0 atom stereocenters. The number of likely N-dealkylation sites (N-methyl/N-ethyl adjacent to an activating group) is 1. The molecule has 0 aromatic heterocycles. The molecular weight excluding hydrogens is 430 g/mol. The molecule has 174 valence electrons. The Morgan fingerprint density at radius 3 is 2.29 bits per heavy atom. The summed E-state index contributed by atoms with van der Waals surface area (Å²) in [4.78, 5) is 41.6. The van der Waals surface area contributed by atoms with Gasteiger partial charge in [-0.15, -0.1) is 0 Å². The molecule has 34 heavy (non-hydrogen) atoms. The van der Waals surface area contributed by atoms with E-state index < -0.39 is 0 Å². The lowest BCUT2D eigenvalue weighted by Gasteiger charge is -2.13. The first kappa shape index (κ1) is 23.2. The summed E-state index contributed by atoms with van der Waals surface area (Å²) in [7, 11) is 3.98. The van der Waals surface area contributed by atoms with E-state index in [0.717, 1.165) is 23.4 Å². The summed E-state index contributed by atoms with van der Waals surface area (Å²) in [5, 5.41) is 2.86. The highest BCUT2D eigenvalue weighted by molar-refractivity contribution is 6.22. The lowest BCUT2D eigenvalue weighted by atomic mass is 10.1. The number of carbonyl (C=O) groups excluding carboxylic acids is 3. The molecule has 3 aromatic carbocycles. The molecule has 0 radical (unpaired) electrons. The molecule has 0 unspecified atom stereocenters. The number of ether oxygens (including phenoxy) is 1. The molecule has 1 aliphatic heterocycles. The van der Waals surface area contributed by atoms with Crippen LogP contribution in [0.4, 0.5) is 0 Å². The Bertz CT molecular complexity index is 1190. The predicted octanol–water partition coefficient (Wildman–Crippen LogP) is 3.35. The fourth-order valence-corrected chi connectivity index (χ4v) is 3.68. The van der Waals surface area contributed by atoms with E-state index in [1.54, 1.807) is 12.1 Å². The van der Waals surface area contributed by atoms with E-state index in [-0.39, 0.29) is 29.8 Å². The average molecular weight is 458 g/mol. The SMILES string of the molecule is CN(C)CCOc1ccc(CNC(=O)c2ccc3c(c2)C(=O)N(Cc2ccccc2)C3=O)cc1. The lowest BCUT2D eigenvalue weighted by Crippen LogP contribution is -2.29. The number of nitrogens with zero attached hydrogens (tertiary/aromatic N) is 2. The van der Waals surface area contributed by atoms with Crippen molar-refractivity contribution in [1.82, 2.24) is 15.1 Å². The van der Waals surface area contributed by atoms with Gasteiger partial charge in [0.15, 0.2) is 0 Å². The molecule has 0 aliphatic carbocycles. The van der Waals surface area contributed by atoms with Crippen LogP contribution in [0.3, 0.4) is 0 Å². The van der Waals surface area contributed by atoms with E-state index in [2.05, 4.69) is 5.32 Å². The van der Waals surface area contributed by atoms with E-state index in [9.17, 15) is 14.4 Å². The molecule has 0 fully saturated rings.